The first-order chi connectivity index (χ1) is 31.4. The van der Waals surface area contributed by atoms with Gasteiger partial charge in [-0.05, 0) is 43.6 Å². The van der Waals surface area contributed by atoms with Gasteiger partial charge in [0, 0.05) is 71.1 Å². The van der Waals surface area contributed by atoms with E-state index in [1.165, 1.54) is 30.8 Å². The van der Waals surface area contributed by atoms with E-state index in [-0.39, 0.29) is 79.7 Å². The van der Waals surface area contributed by atoms with Gasteiger partial charge < -0.3 is 57.8 Å². The van der Waals surface area contributed by atoms with Crippen LogP contribution < -0.4 is 5.73 Å². The number of oxazole rings is 3. The summed E-state index contributed by atoms with van der Waals surface area (Å²) in [5.74, 6) is -2.37. The molecule has 0 spiro atoms. The van der Waals surface area contributed by atoms with E-state index in [0.717, 1.165) is 0 Å². The zero-order valence-corrected chi connectivity index (χ0v) is 39.7. The number of aromatic nitrogens is 3. The van der Waals surface area contributed by atoms with Crippen LogP contribution in [0.2, 0.25) is 0 Å². The molecule has 0 aromatic carbocycles. The second kappa shape index (κ2) is 25.6. The van der Waals surface area contributed by atoms with Gasteiger partial charge in [0.15, 0.2) is 11.4 Å². The Morgan fingerprint density at radius 3 is 2.29 bits per heavy atom. The van der Waals surface area contributed by atoms with Gasteiger partial charge in [-0.15, -0.1) is 0 Å². The number of nitrogens with two attached hydrogens (primary N) is 1. The van der Waals surface area contributed by atoms with Crippen LogP contribution in [0.1, 0.15) is 104 Å². The standard InChI is InChI=1S/C47H69N5O14/c1-26-18-32(65-47(48)58)20-42(57)66-40(21-39(59-8)27(2)14-15-37(55)30(5)43(60-9)28(3)16-17-52(7)25-53)29(4)36(54)12-11-13-41-49-34(23-62-41)45-51-35(24-64-45)46-50-33(22-63-46)44(61-10)31(6)38(56)19-26/h11,13,16-17,22-32,36,38-40,43-44,54,56H,12,14-15,18-21H2,1-10H3,(H2,48,58)/b13-11+,17-16+/t26-,27-,28+,29+,30-,31-,32-,36-,38-,39-,40-,43+,44?/m0/s1. The van der Waals surface area contributed by atoms with Gasteiger partial charge in [-0.2, -0.15) is 0 Å². The highest BCUT2D eigenvalue weighted by Crippen LogP contribution is 2.34. The Morgan fingerprint density at radius 1 is 0.939 bits per heavy atom. The van der Waals surface area contributed by atoms with Crippen LogP contribution in [0, 0.1) is 35.5 Å². The van der Waals surface area contributed by atoms with E-state index in [4.69, 9.17) is 42.7 Å². The van der Waals surface area contributed by atoms with Crippen LogP contribution in [0.4, 0.5) is 4.79 Å². The van der Waals surface area contributed by atoms with Crippen molar-refractivity contribution in [2.24, 2.45) is 41.2 Å². The average Bonchev–Trinajstić information content (AvgIpc) is 4.08. The monoisotopic (exact) mass is 927 g/mol. The molecule has 0 radical (unpaired) electrons. The molecule has 6 bridgehead atoms. The summed E-state index contributed by atoms with van der Waals surface area (Å²) in [4.78, 5) is 65.4. The number of ether oxygens (including phenoxy) is 5. The number of hydrogen-bond acceptors (Lipinski definition) is 17. The van der Waals surface area contributed by atoms with Crippen molar-refractivity contribution in [3.63, 3.8) is 0 Å². The SMILES string of the molecule is COC1c2coc(n2)-c2coc(n2)-c2coc(n2)/C=C/C[C@H](O)[C@@H](C)[C@H](C[C@H](OC)[C@@H](C)CCC(=O)[C@H](C)[C@H](OC)[C@H](C)/C=C/N(C)C=O)OC(=O)C[C@@H](OC(N)=O)C[C@H](C)C[C@H](O)[C@@H]1C. The first-order valence-electron chi connectivity index (χ1n) is 22.4. The lowest BCUT2D eigenvalue weighted by molar-refractivity contribution is -0.159. The van der Waals surface area contributed by atoms with E-state index in [0.29, 0.717) is 29.9 Å². The highest BCUT2D eigenvalue weighted by molar-refractivity contribution is 5.81. The average molecular weight is 928 g/mol. The molecule has 66 heavy (non-hydrogen) atoms. The number of fused-ring (bicyclic) bond motifs is 8. The Bertz CT molecular complexity index is 2050. The number of esters is 1. The molecule has 1 aliphatic rings. The zero-order chi connectivity index (χ0) is 48.7. The maximum atomic E-state index is 13.8. The molecule has 1 unspecified atom stereocenters. The Kier molecular flexibility index (Phi) is 20.7. The fourth-order valence-electron chi connectivity index (χ4n) is 8.39. The van der Waals surface area contributed by atoms with Crippen LogP contribution in [0.5, 0.6) is 0 Å². The van der Waals surface area contributed by atoms with Gasteiger partial charge in [0.2, 0.25) is 24.1 Å². The third kappa shape index (κ3) is 15.2. The number of methoxy groups -OCH3 is 3. The van der Waals surface area contributed by atoms with Crippen molar-refractivity contribution in [3.8, 4) is 23.2 Å². The van der Waals surface area contributed by atoms with E-state index in [9.17, 15) is 29.4 Å². The minimum Gasteiger partial charge on any atom is -0.462 e. The normalized spacial score (nSPS) is 26.5. The Hall–Kier alpha value is -5.21. The Balaban J connectivity index is 1.58. The van der Waals surface area contributed by atoms with Gasteiger partial charge in [0.25, 0.3) is 0 Å². The summed E-state index contributed by atoms with van der Waals surface area (Å²) in [6.45, 7) is 11.1. The third-order valence-electron chi connectivity index (χ3n) is 12.5. The maximum Gasteiger partial charge on any atom is 0.404 e. The van der Waals surface area contributed by atoms with E-state index in [1.807, 2.05) is 40.7 Å². The quantitative estimate of drug-likeness (QED) is 0.102. The summed E-state index contributed by atoms with van der Waals surface area (Å²) >= 11 is 0. The van der Waals surface area contributed by atoms with Gasteiger partial charge >= 0.3 is 12.1 Å². The number of carbonyl (C=O) groups is 4. The predicted molar refractivity (Wildman–Crippen MR) is 240 cm³/mol. The van der Waals surface area contributed by atoms with Crippen molar-refractivity contribution >= 4 is 30.3 Å². The lowest BCUT2D eigenvalue weighted by Crippen LogP contribution is -2.39. The number of rotatable bonds is 16. The lowest BCUT2D eigenvalue weighted by atomic mass is 9.84. The number of hydrogen-bond donors (Lipinski definition) is 3. The van der Waals surface area contributed by atoms with Crippen LogP contribution >= 0.6 is 0 Å². The first kappa shape index (κ1) is 53.4. The predicted octanol–water partition coefficient (Wildman–Crippen LogP) is 6.54. The van der Waals surface area contributed by atoms with Crippen LogP contribution in [0.3, 0.4) is 0 Å². The molecular formula is C47H69N5O14. The van der Waals surface area contributed by atoms with E-state index in [1.54, 1.807) is 46.5 Å². The van der Waals surface area contributed by atoms with E-state index < -0.39 is 72.5 Å². The minimum atomic E-state index is -1.07. The summed E-state index contributed by atoms with van der Waals surface area (Å²) in [7, 11) is 6.22. The molecule has 366 valence electrons. The van der Waals surface area contributed by atoms with Crippen LogP contribution in [0.15, 0.2) is 50.4 Å². The fourth-order valence-corrected chi connectivity index (χ4v) is 8.39. The smallest absolute Gasteiger partial charge is 0.404 e. The lowest BCUT2D eigenvalue weighted by Gasteiger charge is -2.33. The molecule has 19 nitrogen and oxygen atoms in total. The number of Topliss-reactive ketones (excluding diaryl/α,β-unsaturated/α-hetero) is 1. The maximum absolute atomic E-state index is 13.8. The number of carbonyl (C=O) groups excluding carboxylic acids is 4. The Morgan fingerprint density at radius 2 is 1.62 bits per heavy atom. The van der Waals surface area contributed by atoms with Gasteiger partial charge in [-0.25, -0.2) is 19.7 Å². The second-order valence-electron chi connectivity index (χ2n) is 17.7. The van der Waals surface area contributed by atoms with Crippen molar-refractivity contribution in [2.45, 2.75) is 129 Å². The molecule has 13 atom stereocenters. The number of amides is 2. The van der Waals surface area contributed by atoms with E-state index >= 15 is 0 Å². The third-order valence-corrected chi connectivity index (χ3v) is 12.5. The molecule has 4 rings (SSSR count). The number of cyclic esters (lactones) is 1. The number of nitrogens with zero attached hydrogens (tertiary/aromatic N) is 4. The molecule has 19 heteroatoms. The van der Waals surface area contributed by atoms with Crippen LogP contribution in [0.25, 0.3) is 29.2 Å². The number of aliphatic hydroxyl groups excluding tert-OH is 2. The van der Waals surface area contributed by atoms with Crippen molar-refractivity contribution < 1.29 is 66.3 Å². The largest absolute Gasteiger partial charge is 0.462 e. The van der Waals surface area contributed by atoms with Crippen LogP contribution in [-0.4, -0.2) is 119 Å². The molecule has 4 heterocycles. The summed E-state index contributed by atoms with van der Waals surface area (Å²) in [6, 6.07) is 0. The number of aliphatic hydroxyl groups is 2. The number of primary amides is 1. The van der Waals surface area contributed by atoms with Gasteiger partial charge in [0.05, 0.1) is 30.8 Å². The molecule has 2 amide bonds. The molecule has 0 aliphatic carbocycles. The van der Waals surface area contributed by atoms with Crippen molar-refractivity contribution in [2.75, 3.05) is 28.4 Å². The summed E-state index contributed by atoms with van der Waals surface area (Å²) < 4.78 is 46.0. The molecule has 4 N–H and O–H groups in total. The molecule has 1 aliphatic heterocycles. The number of ketones is 1. The molecule has 0 saturated carbocycles. The minimum absolute atomic E-state index is 0.00289. The van der Waals surface area contributed by atoms with Crippen LogP contribution in [-0.2, 0) is 38.1 Å². The van der Waals surface area contributed by atoms with Crippen molar-refractivity contribution in [1.82, 2.24) is 19.9 Å². The summed E-state index contributed by atoms with van der Waals surface area (Å²) in [5.41, 5.74) is 6.48. The summed E-state index contributed by atoms with van der Waals surface area (Å²) in [6.07, 6.45) is 6.09. The van der Waals surface area contributed by atoms with Crippen molar-refractivity contribution in [3.05, 3.63) is 48.7 Å². The van der Waals surface area contributed by atoms with Gasteiger partial charge in [-0.1, -0.05) is 53.7 Å². The summed E-state index contributed by atoms with van der Waals surface area (Å²) in [5, 5.41) is 22.9. The second-order valence-corrected chi connectivity index (χ2v) is 17.7. The fraction of sp³-hybridized carbons (Fsp3) is 0.638. The Labute approximate surface area is 386 Å². The van der Waals surface area contributed by atoms with Gasteiger partial charge in [-0.3, -0.25) is 14.4 Å². The molecule has 3 aromatic heterocycles. The highest BCUT2D eigenvalue weighted by atomic mass is 16.6. The molecular weight excluding hydrogens is 859 g/mol. The van der Waals surface area contributed by atoms with Crippen molar-refractivity contribution in [1.29, 1.82) is 0 Å². The molecule has 0 fully saturated rings. The topological polar surface area (TPSA) is 262 Å². The zero-order valence-electron chi connectivity index (χ0n) is 39.7. The first-order valence-corrected chi connectivity index (χ1v) is 22.4. The molecule has 0 saturated heterocycles. The molecule has 3 aromatic rings. The van der Waals surface area contributed by atoms with E-state index in [2.05, 4.69) is 15.0 Å². The highest BCUT2D eigenvalue weighted by Gasteiger charge is 2.35. The van der Waals surface area contributed by atoms with Gasteiger partial charge in [0.1, 0.15) is 48.6 Å².